The van der Waals surface area contributed by atoms with E-state index in [0.29, 0.717) is 13.1 Å². The third-order valence-corrected chi connectivity index (χ3v) is 0.518. The van der Waals surface area contributed by atoms with Crippen molar-refractivity contribution in [1.82, 2.24) is 5.32 Å². The van der Waals surface area contributed by atoms with Gasteiger partial charge in [0, 0.05) is 13.1 Å². The smallest absolute Gasteiger partial charge is 0.213 e. The van der Waals surface area contributed by atoms with Crippen molar-refractivity contribution in [3.05, 3.63) is 0 Å². The van der Waals surface area contributed by atoms with Gasteiger partial charge in [0.25, 0.3) is 0 Å². The Morgan fingerprint density at radius 2 is 2.43 bits per heavy atom. The number of nitrogens with one attached hydrogen (secondary N) is 1. The number of nitrogens with two attached hydrogens (primary N) is 1. The van der Waals surface area contributed by atoms with Crippen LogP contribution in [0.1, 0.15) is 0 Å². The molecule has 0 fully saturated rings. The maximum atomic E-state index is 9.45. The molecule has 3 heteroatoms. The molecular weight excluding hydrogens is 92.1 g/mol. The molecule has 0 saturated heterocycles. The summed E-state index contributed by atoms with van der Waals surface area (Å²) in [4.78, 5) is 9.45. The van der Waals surface area contributed by atoms with E-state index in [0.717, 1.165) is 0 Å². The molecule has 0 aromatic rings. The van der Waals surface area contributed by atoms with Gasteiger partial charge in [0.2, 0.25) is 6.29 Å². The molecule has 0 unspecified atom stereocenters. The second-order valence-corrected chi connectivity index (χ2v) is 1.11. The number of hydrogen-bond donors (Lipinski definition) is 2. The van der Waals surface area contributed by atoms with E-state index in [1.807, 2.05) is 0 Å². The summed E-state index contributed by atoms with van der Waals surface area (Å²) in [5, 5.41) is 2.74. The van der Waals surface area contributed by atoms with Crippen LogP contribution in [0.25, 0.3) is 0 Å². The molecule has 3 nitrogen and oxygen atoms in total. The second-order valence-electron chi connectivity index (χ2n) is 1.11. The molecule has 0 heterocycles. The largest absolute Gasteiger partial charge is 0.329 e. The van der Waals surface area contributed by atoms with E-state index in [2.05, 4.69) is 5.32 Å². The van der Waals surface area contributed by atoms with Crippen LogP contribution in [0, 0.1) is 0 Å². The lowest BCUT2D eigenvalue weighted by Crippen LogP contribution is -2.23. The maximum Gasteiger partial charge on any atom is 0.213 e. The summed E-state index contributed by atoms with van der Waals surface area (Å²) < 4.78 is 0. The van der Waals surface area contributed by atoms with Gasteiger partial charge in [0.05, 0.1) is 6.54 Å². The fraction of sp³-hybridized carbons (Fsp3) is 0.750. The van der Waals surface area contributed by atoms with Gasteiger partial charge >= 0.3 is 0 Å². The summed E-state index contributed by atoms with van der Waals surface area (Å²) >= 11 is 0. The van der Waals surface area contributed by atoms with Crippen molar-refractivity contribution < 1.29 is 4.79 Å². The third-order valence-electron chi connectivity index (χ3n) is 0.518. The highest BCUT2D eigenvalue weighted by atomic mass is 16.1. The molecule has 0 aliphatic rings. The van der Waals surface area contributed by atoms with E-state index in [-0.39, 0.29) is 6.54 Å². The molecule has 0 atom stereocenters. The van der Waals surface area contributed by atoms with Crippen LogP contribution in [0.2, 0.25) is 0 Å². The second kappa shape index (κ2) is 5.59. The zero-order valence-corrected chi connectivity index (χ0v) is 4.11. The average Bonchev–Trinajstić information content (AvgIpc) is 1.69. The first-order chi connectivity index (χ1) is 3.41. The van der Waals surface area contributed by atoms with Crippen LogP contribution in [0.5, 0.6) is 0 Å². The molecule has 0 aliphatic heterocycles. The van der Waals surface area contributed by atoms with Crippen molar-refractivity contribution in [2.75, 3.05) is 19.6 Å². The molecule has 0 bridgehead atoms. The van der Waals surface area contributed by atoms with Gasteiger partial charge in [-0.15, -0.1) is 0 Å². The van der Waals surface area contributed by atoms with Crippen molar-refractivity contribution in [3.8, 4) is 0 Å². The molecule has 0 aromatic heterocycles. The fourth-order valence-electron chi connectivity index (χ4n) is 0.241. The van der Waals surface area contributed by atoms with Gasteiger partial charge in [0.1, 0.15) is 0 Å². The van der Waals surface area contributed by atoms with Gasteiger partial charge in [-0.05, 0) is 0 Å². The molecule has 0 rings (SSSR count). The Bertz CT molecular complexity index is 47.0. The summed E-state index contributed by atoms with van der Waals surface area (Å²) in [7, 11) is 0. The Kier molecular flexibility index (Phi) is 5.26. The van der Waals surface area contributed by atoms with Gasteiger partial charge in [-0.1, -0.05) is 0 Å². The molecule has 41 valence electrons. The lowest BCUT2D eigenvalue weighted by atomic mass is 10.6. The van der Waals surface area contributed by atoms with Crippen LogP contribution >= 0.6 is 0 Å². The maximum absolute atomic E-state index is 9.45. The standard InChI is InChI=1S/C4H9N2O/c5-1-2-6-3-4-7/h6H,1-3,5H2. The van der Waals surface area contributed by atoms with Gasteiger partial charge in [-0.3, -0.25) is 4.79 Å². The number of hydrogen-bond acceptors (Lipinski definition) is 3. The summed E-state index contributed by atoms with van der Waals surface area (Å²) in [5.74, 6) is 0. The lowest BCUT2D eigenvalue weighted by Gasteiger charge is -1.90. The molecule has 0 aliphatic carbocycles. The van der Waals surface area contributed by atoms with Crippen LogP contribution in [-0.2, 0) is 4.79 Å². The Hall–Kier alpha value is -0.410. The number of rotatable bonds is 4. The first kappa shape index (κ1) is 6.59. The predicted octanol–water partition coefficient (Wildman–Crippen LogP) is -1.36. The zero-order valence-electron chi connectivity index (χ0n) is 4.11. The van der Waals surface area contributed by atoms with Crippen molar-refractivity contribution in [2.45, 2.75) is 0 Å². The zero-order chi connectivity index (χ0) is 5.54. The van der Waals surface area contributed by atoms with Crippen molar-refractivity contribution in [3.63, 3.8) is 0 Å². The molecule has 0 amide bonds. The van der Waals surface area contributed by atoms with E-state index in [9.17, 15) is 4.79 Å². The first-order valence-electron chi connectivity index (χ1n) is 2.17. The highest BCUT2D eigenvalue weighted by Crippen LogP contribution is 1.47. The normalized spacial score (nSPS) is 8.71. The van der Waals surface area contributed by atoms with E-state index in [1.54, 1.807) is 6.29 Å². The Balaban J connectivity index is 2.56. The minimum absolute atomic E-state index is 0.289. The summed E-state index contributed by atoms with van der Waals surface area (Å²) in [6, 6.07) is 0. The summed E-state index contributed by atoms with van der Waals surface area (Å²) in [6.07, 6.45) is 1.69. The highest BCUT2D eigenvalue weighted by molar-refractivity contribution is 5.52. The lowest BCUT2D eigenvalue weighted by molar-refractivity contribution is 0.549. The quantitative estimate of drug-likeness (QED) is 0.430. The fourth-order valence-corrected chi connectivity index (χ4v) is 0.241. The molecular formula is C4H9N2O. The minimum atomic E-state index is 0.289. The molecule has 1 radical (unpaired) electrons. The first-order valence-corrected chi connectivity index (χ1v) is 2.17. The molecule has 0 spiro atoms. The summed E-state index contributed by atoms with van der Waals surface area (Å²) in [5.41, 5.74) is 5.08. The number of carbonyl (C=O) groups excluding carboxylic acids is 1. The van der Waals surface area contributed by atoms with Gasteiger partial charge in [0.15, 0.2) is 0 Å². The molecule has 0 saturated carbocycles. The van der Waals surface area contributed by atoms with E-state index < -0.39 is 0 Å². The van der Waals surface area contributed by atoms with E-state index >= 15 is 0 Å². The highest BCUT2D eigenvalue weighted by Gasteiger charge is 1.77. The van der Waals surface area contributed by atoms with Crippen molar-refractivity contribution >= 4 is 6.29 Å². The summed E-state index contributed by atoms with van der Waals surface area (Å²) in [6.45, 7) is 1.55. The average molecular weight is 101 g/mol. The molecule has 3 N–H and O–H groups in total. The van der Waals surface area contributed by atoms with Crippen LogP contribution < -0.4 is 11.1 Å². The van der Waals surface area contributed by atoms with Crippen LogP contribution in [0.3, 0.4) is 0 Å². The van der Waals surface area contributed by atoms with Gasteiger partial charge in [-0.25, -0.2) is 0 Å². The van der Waals surface area contributed by atoms with Crippen molar-refractivity contribution in [2.24, 2.45) is 5.73 Å². The monoisotopic (exact) mass is 101 g/mol. The predicted molar refractivity (Wildman–Crippen MR) is 27.6 cm³/mol. The van der Waals surface area contributed by atoms with Gasteiger partial charge < -0.3 is 11.1 Å². The van der Waals surface area contributed by atoms with E-state index in [1.165, 1.54) is 0 Å². The van der Waals surface area contributed by atoms with Crippen LogP contribution in [0.4, 0.5) is 0 Å². The SMILES string of the molecule is NCCNC[C]=O. The Morgan fingerprint density at radius 1 is 1.71 bits per heavy atom. The molecule has 7 heavy (non-hydrogen) atoms. The topological polar surface area (TPSA) is 55.1 Å². The molecule has 0 aromatic carbocycles. The third kappa shape index (κ3) is 5.59. The Labute approximate surface area is 42.9 Å². The van der Waals surface area contributed by atoms with Gasteiger partial charge in [-0.2, -0.15) is 0 Å². The minimum Gasteiger partial charge on any atom is -0.329 e. The van der Waals surface area contributed by atoms with Crippen molar-refractivity contribution in [1.29, 1.82) is 0 Å². The van der Waals surface area contributed by atoms with Crippen LogP contribution in [-0.4, -0.2) is 25.9 Å². The van der Waals surface area contributed by atoms with E-state index in [4.69, 9.17) is 5.73 Å². The van der Waals surface area contributed by atoms with Crippen LogP contribution in [0.15, 0.2) is 0 Å². The Morgan fingerprint density at radius 3 is 2.86 bits per heavy atom.